The van der Waals surface area contributed by atoms with Gasteiger partial charge in [0.25, 0.3) is 26.1 Å². The molecule has 0 radical (unpaired) electrons. The van der Waals surface area contributed by atoms with E-state index in [1.807, 2.05) is 0 Å². The number of azo groups is 2. The molecule has 0 aliphatic carbocycles. The van der Waals surface area contributed by atoms with Crippen LogP contribution in [0.5, 0.6) is 5.75 Å². The summed E-state index contributed by atoms with van der Waals surface area (Å²) >= 11 is 0. The number of carbonyl (C=O) groups excluding carboxylic acids is 1. The first-order valence-electron chi connectivity index (χ1n) is 19.1. The normalized spacial score (nSPS) is 11.8. The summed E-state index contributed by atoms with van der Waals surface area (Å²) in [5.74, 6) is -1.21. The van der Waals surface area contributed by atoms with Gasteiger partial charge in [-0.15, -0.1) is 5.11 Å². The molecule has 0 bridgehead atoms. The van der Waals surface area contributed by atoms with E-state index in [1.54, 1.807) is 30.3 Å². The number of aliphatic hydroxyl groups is 3. The molecule has 0 saturated heterocycles. The Bertz CT molecular complexity index is 2470. The molecule has 1 amide bonds. The fraction of sp³-hybridized carbons (Fsp3) is 0.293. The quantitative estimate of drug-likeness (QED) is 0.0236. The monoisotopic (exact) mass is 934 g/mol. The van der Waals surface area contributed by atoms with E-state index in [-0.39, 0.29) is 70.7 Å². The fourth-order valence-corrected chi connectivity index (χ4v) is 6.54. The molecule has 6 N–H and O–H groups in total. The molecule has 5 rings (SSSR count). The van der Waals surface area contributed by atoms with Crippen molar-refractivity contribution in [3.63, 3.8) is 0 Å². The standard InChI is InChI=1S/C29H21N5O8S2.C12H27NO6.Na/c35-28-25-15-12-23(30-29(36)18-4-2-1-3-5-18)16-19(25)17-26(44(40,41)42)27(28)34-33-21-8-6-20(7-9-21)31-32-22-10-13-24(14-11-22)43(37,38)39;14-4-10-17-7-1-13(2-8-18-11-5-15)3-9-19-12-6-16;/h1-17,35H,(H,30,36)(H,37,38,39)(H,40,41,42);14-16H,1-12H2;/q;;+1/p-1. The fourth-order valence-electron chi connectivity index (χ4n) is 5.41. The van der Waals surface area contributed by atoms with Gasteiger partial charge < -0.3 is 40.0 Å². The SMILES string of the molecule is O=C(Nc1ccc2c([O-])c(N=Nc3ccc(N=Nc4ccc(S(=O)(=O)O)cc4)cc3)c(S(=O)(=O)O)cc2c1)c1ccccc1.OCCOCCN(CCOCCO)CCOCCO.[Na+]. The number of hydrogen-bond acceptors (Lipinski definition) is 17. The van der Waals surface area contributed by atoms with Crippen LogP contribution in [0.25, 0.3) is 10.8 Å². The topological polar surface area (TPSA) is 302 Å². The summed E-state index contributed by atoms with van der Waals surface area (Å²) in [6.07, 6.45) is 0. The van der Waals surface area contributed by atoms with E-state index in [4.69, 9.17) is 34.1 Å². The van der Waals surface area contributed by atoms with Crippen molar-refractivity contribution in [3.8, 4) is 5.75 Å². The summed E-state index contributed by atoms with van der Waals surface area (Å²) in [7, 11) is -9.23. The zero-order chi connectivity index (χ0) is 45.7. The number of ether oxygens (including phenoxy) is 3. The Morgan fingerprint density at radius 2 is 1.08 bits per heavy atom. The van der Waals surface area contributed by atoms with Gasteiger partial charge in [-0.25, -0.2) is 0 Å². The third kappa shape index (κ3) is 18.1. The van der Waals surface area contributed by atoms with Crippen LogP contribution in [-0.4, -0.2) is 131 Å². The minimum Gasteiger partial charge on any atom is -0.871 e. The third-order valence-electron chi connectivity index (χ3n) is 8.50. The molecule has 338 valence electrons. The molecule has 5 aromatic rings. The van der Waals surface area contributed by atoms with E-state index in [0.717, 1.165) is 25.7 Å². The maximum Gasteiger partial charge on any atom is 1.00 e. The molecular formula is C41H47N6NaO14S2. The second kappa shape index (κ2) is 27.6. The number of carbonyl (C=O) groups is 1. The predicted octanol–water partition coefficient (Wildman–Crippen LogP) is 1.81. The number of hydrogen-bond donors (Lipinski definition) is 6. The molecule has 23 heteroatoms. The Balaban J connectivity index is 0.000000462. The van der Waals surface area contributed by atoms with Crippen molar-refractivity contribution in [1.82, 2.24) is 4.90 Å². The molecular weight excluding hydrogens is 888 g/mol. The van der Waals surface area contributed by atoms with E-state index in [9.17, 15) is 31.3 Å². The van der Waals surface area contributed by atoms with E-state index in [2.05, 4.69) is 30.7 Å². The van der Waals surface area contributed by atoms with Crippen molar-refractivity contribution in [2.24, 2.45) is 20.5 Å². The number of nitrogens with one attached hydrogen (secondary N) is 1. The van der Waals surface area contributed by atoms with Crippen LogP contribution in [0.2, 0.25) is 0 Å². The van der Waals surface area contributed by atoms with Crippen LogP contribution in [0.15, 0.2) is 133 Å². The first kappa shape index (κ1) is 53.7. The van der Waals surface area contributed by atoms with Gasteiger partial charge in [0.05, 0.1) is 87.1 Å². The van der Waals surface area contributed by atoms with Crippen LogP contribution >= 0.6 is 0 Å². The second-order valence-electron chi connectivity index (χ2n) is 13.0. The minimum absolute atomic E-state index is 0. The molecule has 5 aromatic carbocycles. The Hall–Kier alpha value is -4.63. The summed E-state index contributed by atoms with van der Waals surface area (Å²) in [6.45, 7) is 4.92. The maximum absolute atomic E-state index is 13.2. The van der Waals surface area contributed by atoms with Crippen molar-refractivity contribution in [2.45, 2.75) is 9.79 Å². The van der Waals surface area contributed by atoms with Crippen LogP contribution in [0.3, 0.4) is 0 Å². The van der Waals surface area contributed by atoms with E-state index < -0.39 is 42.5 Å². The van der Waals surface area contributed by atoms with Crippen LogP contribution in [0.4, 0.5) is 28.4 Å². The summed E-state index contributed by atoms with van der Waals surface area (Å²) in [4.78, 5) is 13.6. The minimum atomic E-state index is -4.90. The van der Waals surface area contributed by atoms with Gasteiger partial charge in [0.1, 0.15) is 4.90 Å². The smallest absolute Gasteiger partial charge is 0.871 e. The number of fused-ring (bicyclic) bond motifs is 1. The molecule has 0 saturated carbocycles. The number of nitrogens with zero attached hydrogens (tertiary/aromatic N) is 5. The summed E-state index contributed by atoms with van der Waals surface area (Å²) in [5, 5.41) is 57.7. The zero-order valence-corrected chi connectivity index (χ0v) is 38.4. The van der Waals surface area contributed by atoms with Crippen LogP contribution < -0.4 is 40.0 Å². The number of rotatable bonds is 23. The maximum atomic E-state index is 13.2. The van der Waals surface area contributed by atoms with Gasteiger partial charge in [-0.3, -0.25) is 18.8 Å². The molecule has 64 heavy (non-hydrogen) atoms. The molecule has 0 fully saturated rings. The van der Waals surface area contributed by atoms with Crippen molar-refractivity contribution in [1.29, 1.82) is 0 Å². The van der Waals surface area contributed by atoms with Gasteiger partial charge in [0.15, 0.2) is 0 Å². The molecule has 0 aliphatic heterocycles. The predicted molar refractivity (Wildman–Crippen MR) is 229 cm³/mol. The number of anilines is 1. The number of benzene rings is 5. The first-order valence-corrected chi connectivity index (χ1v) is 22.0. The third-order valence-corrected chi connectivity index (χ3v) is 10.2. The molecule has 0 aromatic heterocycles. The molecule has 20 nitrogen and oxygen atoms in total. The van der Waals surface area contributed by atoms with Gasteiger partial charge in [-0.05, 0) is 89.6 Å². The Kier molecular flexibility index (Phi) is 23.2. The summed E-state index contributed by atoms with van der Waals surface area (Å²) in [6, 6.07) is 24.8. The van der Waals surface area contributed by atoms with Gasteiger partial charge in [0, 0.05) is 30.9 Å². The average molecular weight is 935 g/mol. The Morgan fingerprint density at radius 1 is 0.609 bits per heavy atom. The summed E-state index contributed by atoms with van der Waals surface area (Å²) < 4.78 is 81.2. The van der Waals surface area contributed by atoms with E-state index in [0.29, 0.717) is 62.3 Å². The molecule has 0 atom stereocenters. The molecule has 0 aliphatic rings. The van der Waals surface area contributed by atoms with Gasteiger partial charge >= 0.3 is 29.6 Å². The Labute approximate surface area is 392 Å². The van der Waals surface area contributed by atoms with Gasteiger partial charge in [-0.2, -0.15) is 32.2 Å². The van der Waals surface area contributed by atoms with Crippen molar-refractivity contribution >= 4 is 65.4 Å². The largest absolute Gasteiger partial charge is 1.00 e. The van der Waals surface area contributed by atoms with Gasteiger partial charge in [-0.1, -0.05) is 30.0 Å². The van der Waals surface area contributed by atoms with Crippen LogP contribution in [-0.2, 0) is 34.4 Å². The average Bonchev–Trinajstić information content (AvgIpc) is 3.27. The second-order valence-corrected chi connectivity index (χ2v) is 15.8. The number of amides is 1. The summed E-state index contributed by atoms with van der Waals surface area (Å²) in [5.41, 5.74) is 1.03. The van der Waals surface area contributed by atoms with Crippen LogP contribution in [0, 0.1) is 0 Å². The molecule has 0 spiro atoms. The number of aliphatic hydroxyl groups excluding tert-OH is 3. The molecule has 0 heterocycles. The van der Waals surface area contributed by atoms with E-state index in [1.165, 1.54) is 66.7 Å². The van der Waals surface area contributed by atoms with Gasteiger partial charge in [0.2, 0.25) is 0 Å². The van der Waals surface area contributed by atoms with Crippen molar-refractivity contribution in [3.05, 3.63) is 109 Å². The zero-order valence-electron chi connectivity index (χ0n) is 34.8. The van der Waals surface area contributed by atoms with E-state index >= 15 is 0 Å². The molecule has 0 unspecified atom stereocenters. The van der Waals surface area contributed by atoms with Crippen molar-refractivity contribution < 1.29 is 94.9 Å². The van der Waals surface area contributed by atoms with Crippen molar-refractivity contribution in [2.75, 3.05) is 84.4 Å². The van der Waals surface area contributed by atoms with Crippen LogP contribution in [0.1, 0.15) is 10.4 Å². The Morgan fingerprint density at radius 3 is 1.53 bits per heavy atom. The first-order chi connectivity index (χ1) is 30.2.